The van der Waals surface area contributed by atoms with Crippen LogP contribution >= 0.6 is 0 Å². The van der Waals surface area contributed by atoms with Crippen molar-refractivity contribution in [2.45, 2.75) is 20.3 Å². The molecule has 2 unspecified atom stereocenters. The van der Waals surface area contributed by atoms with Gasteiger partial charge in [0.25, 0.3) is 5.91 Å². The Balaban J connectivity index is 1.30. The number of carbonyl (C=O) groups excluding carboxylic acids is 2. The van der Waals surface area contributed by atoms with Gasteiger partial charge in [0.05, 0.1) is 6.54 Å². The third kappa shape index (κ3) is 4.07. The first-order valence-corrected chi connectivity index (χ1v) is 10.3. The highest BCUT2D eigenvalue weighted by Gasteiger charge is 2.29. The van der Waals surface area contributed by atoms with Crippen molar-refractivity contribution in [1.29, 1.82) is 0 Å². The normalized spacial score (nSPS) is 23.9. The van der Waals surface area contributed by atoms with Crippen LogP contribution in [-0.4, -0.2) is 72.3 Å². The van der Waals surface area contributed by atoms with Gasteiger partial charge in [0, 0.05) is 44.7 Å². The van der Waals surface area contributed by atoms with Gasteiger partial charge in [-0.25, -0.2) is 0 Å². The van der Waals surface area contributed by atoms with Gasteiger partial charge in [0.15, 0.2) is 5.76 Å². The largest absolute Gasteiger partial charge is 0.451 e. The number of hydrogen-bond donors (Lipinski definition) is 0. The Morgan fingerprint density at radius 1 is 1.00 bits per heavy atom. The third-order valence-corrected chi connectivity index (χ3v) is 5.88. The molecule has 0 saturated carbocycles. The van der Waals surface area contributed by atoms with Gasteiger partial charge in [-0.2, -0.15) is 0 Å². The van der Waals surface area contributed by atoms with Crippen LogP contribution in [0.3, 0.4) is 0 Å². The standard InChI is InChI=1S/C22H29N3O3/c1-16-11-17(2)14-25(13-16)21(26)15-23-7-9-24(10-8-23)22(27)20-12-18-5-3-4-6-19(18)28-20/h3-6,12,16-17H,7-11,13-15H2,1-2H3. The van der Waals surface area contributed by atoms with Crippen LogP contribution < -0.4 is 0 Å². The SMILES string of the molecule is CC1CC(C)CN(C(=O)CN2CCN(C(=O)c3cc4ccccc4o3)CC2)C1. The van der Waals surface area contributed by atoms with Gasteiger partial charge in [0.1, 0.15) is 5.58 Å². The third-order valence-electron chi connectivity index (χ3n) is 5.88. The van der Waals surface area contributed by atoms with Crippen LogP contribution in [0.4, 0.5) is 0 Å². The summed E-state index contributed by atoms with van der Waals surface area (Å²) in [6.45, 7) is 9.31. The monoisotopic (exact) mass is 383 g/mol. The summed E-state index contributed by atoms with van der Waals surface area (Å²) in [4.78, 5) is 31.4. The smallest absolute Gasteiger partial charge is 0.289 e. The van der Waals surface area contributed by atoms with Crippen molar-refractivity contribution in [2.24, 2.45) is 11.8 Å². The van der Waals surface area contributed by atoms with Crippen molar-refractivity contribution in [3.8, 4) is 0 Å². The number of amides is 2. The molecule has 2 saturated heterocycles. The lowest BCUT2D eigenvalue weighted by Crippen LogP contribution is -2.53. The van der Waals surface area contributed by atoms with Crippen molar-refractivity contribution in [2.75, 3.05) is 45.8 Å². The van der Waals surface area contributed by atoms with Crippen LogP contribution in [0, 0.1) is 11.8 Å². The van der Waals surface area contributed by atoms with Gasteiger partial charge in [-0.15, -0.1) is 0 Å². The molecule has 2 aliphatic heterocycles. The molecule has 0 N–H and O–H groups in total. The summed E-state index contributed by atoms with van der Waals surface area (Å²) in [5, 5.41) is 0.945. The molecule has 2 fully saturated rings. The molecule has 3 heterocycles. The topological polar surface area (TPSA) is 57.0 Å². The summed E-state index contributed by atoms with van der Waals surface area (Å²) >= 11 is 0. The fourth-order valence-electron chi connectivity index (χ4n) is 4.51. The van der Waals surface area contributed by atoms with Gasteiger partial charge < -0.3 is 14.2 Å². The Labute approximate surface area is 166 Å². The predicted octanol–water partition coefficient (Wildman–Crippen LogP) is 2.70. The number of furan rings is 1. The van der Waals surface area contributed by atoms with Crippen molar-refractivity contribution < 1.29 is 14.0 Å². The molecule has 0 bridgehead atoms. The number of benzene rings is 1. The van der Waals surface area contributed by atoms with E-state index >= 15 is 0 Å². The highest BCUT2D eigenvalue weighted by Crippen LogP contribution is 2.22. The quantitative estimate of drug-likeness (QED) is 0.818. The van der Waals surface area contributed by atoms with E-state index in [1.165, 1.54) is 6.42 Å². The summed E-state index contributed by atoms with van der Waals surface area (Å²) in [5.74, 6) is 1.69. The number of para-hydroxylation sites is 1. The van der Waals surface area contributed by atoms with Crippen molar-refractivity contribution >= 4 is 22.8 Å². The molecular weight excluding hydrogens is 354 g/mol. The second-order valence-corrected chi connectivity index (χ2v) is 8.46. The van der Waals surface area contributed by atoms with Gasteiger partial charge >= 0.3 is 0 Å². The highest BCUT2D eigenvalue weighted by atomic mass is 16.3. The van der Waals surface area contributed by atoms with E-state index in [0.717, 1.165) is 37.1 Å². The summed E-state index contributed by atoms with van der Waals surface area (Å²) in [7, 11) is 0. The summed E-state index contributed by atoms with van der Waals surface area (Å²) in [6, 6.07) is 9.47. The number of rotatable bonds is 3. The fraction of sp³-hybridized carbons (Fsp3) is 0.545. The van der Waals surface area contributed by atoms with E-state index in [1.807, 2.05) is 40.1 Å². The molecule has 0 aliphatic carbocycles. The molecule has 0 radical (unpaired) electrons. The number of likely N-dealkylation sites (tertiary alicyclic amines) is 1. The van der Waals surface area contributed by atoms with Crippen LogP contribution in [0.2, 0.25) is 0 Å². The lowest BCUT2D eigenvalue weighted by Gasteiger charge is -2.38. The molecule has 4 rings (SSSR count). The number of piperidine rings is 1. The first-order valence-electron chi connectivity index (χ1n) is 10.3. The molecule has 28 heavy (non-hydrogen) atoms. The van der Waals surface area contributed by atoms with Gasteiger partial charge in [-0.1, -0.05) is 32.0 Å². The molecule has 150 valence electrons. The Kier molecular flexibility index (Phi) is 5.40. The van der Waals surface area contributed by atoms with Gasteiger partial charge in [0.2, 0.25) is 5.91 Å². The minimum absolute atomic E-state index is 0.0687. The zero-order chi connectivity index (χ0) is 19.7. The molecule has 2 aromatic rings. The van der Waals surface area contributed by atoms with E-state index in [2.05, 4.69) is 18.7 Å². The number of nitrogens with zero attached hydrogens (tertiary/aromatic N) is 3. The number of carbonyl (C=O) groups is 2. The minimum atomic E-state index is -0.0687. The summed E-state index contributed by atoms with van der Waals surface area (Å²) in [5.41, 5.74) is 0.736. The molecule has 1 aromatic carbocycles. The second kappa shape index (κ2) is 7.95. The molecule has 1 aromatic heterocycles. The van der Waals surface area contributed by atoms with Crippen molar-refractivity contribution in [3.63, 3.8) is 0 Å². The molecule has 6 nitrogen and oxygen atoms in total. The van der Waals surface area contributed by atoms with Crippen LogP contribution in [0.25, 0.3) is 11.0 Å². The Bertz CT molecular complexity index is 811. The molecule has 2 atom stereocenters. The van der Waals surface area contributed by atoms with E-state index in [9.17, 15) is 9.59 Å². The average molecular weight is 383 g/mol. The van der Waals surface area contributed by atoms with Gasteiger partial charge in [-0.3, -0.25) is 14.5 Å². The first-order chi connectivity index (χ1) is 13.5. The van der Waals surface area contributed by atoms with E-state index in [1.54, 1.807) is 0 Å². The van der Waals surface area contributed by atoms with Crippen LogP contribution in [-0.2, 0) is 4.79 Å². The molecule has 0 spiro atoms. The highest BCUT2D eigenvalue weighted by molar-refractivity contribution is 5.96. The van der Waals surface area contributed by atoms with Crippen LogP contribution in [0.15, 0.2) is 34.7 Å². The average Bonchev–Trinajstić information content (AvgIpc) is 3.11. The van der Waals surface area contributed by atoms with Gasteiger partial charge in [-0.05, 0) is 30.4 Å². The molecule has 6 heteroatoms. The minimum Gasteiger partial charge on any atom is -0.451 e. The maximum atomic E-state index is 12.8. The lowest BCUT2D eigenvalue weighted by molar-refractivity contribution is -0.135. The van der Waals surface area contributed by atoms with Crippen LogP contribution in [0.1, 0.15) is 30.8 Å². The summed E-state index contributed by atoms with van der Waals surface area (Å²) < 4.78 is 5.71. The van der Waals surface area contributed by atoms with E-state index < -0.39 is 0 Å². The Morgan fingerprint density at radius 3 is 2.36 bits per heavy atom. The predicted molar refractivity (Wildman–Crippen MR) is 108 cm³/mol. The maximum Gasteiger partial charge on any atom is 0.289 e. The first kappa shape index (κ1) is 19.0. The van der Waals surface area contributed by atoms with E-state index in [-0.39, 0.29) is 11.8 Å². The Hall–Kier alpha value is -2.34. The Morgan fingerprint density at radius 2 is 1.68 bits per heavy atom. The lowest BCUT2D eigenvalue weighted by atomic mass is 9.92. The van der Waals surface area contributed by atoms with Crippen LogP contribution in [0.5, 0.6) is 0 Å². The zero-order valence-electron chi connectivity index (χ0n) is 16.8. The van der Waals surface area contributed by atoms with E-state index in [0.29, 0.717) is 37.2 Å². The van der Waals surface area contributed by atoms with Crippen molar-refractivity contribution in [3.05, 3.63) is 36.1 Å². The number of piperazine rings is 1. The molecular formula is C22H29N3O3. The molecule has 2 amide bonds. The van der Waals surface area contributed by atoms with E-state index in [4.69, 9.17) is 4.42 Å². The van der Waals surface area contributed by atoms with Crippen molar-refractivity contribution in [1.82, 2.24) is 14.7 Å². The number of hydrogen-bond acceptors (Lipinski definition) is 4. The summed E-state index contributed by atoms with van der Waals surface area (Å²) in [6.07, 6.45) is 1.20. The fourth-order valence-corrected chi connectivity index (χ4v) is 4.51. The molecule has 2 aliphatic rings. The number of fused-ring (bicyclic) bond motifs is 1. The zero-order valence-corrected chi connectivity index (χ0v) is 16.8. The maximum absolute atomic E-state index is 12.8. The second-order valence-electron chi connectivity index (χ2n) is 8.46.